The van der Waals surface area contributed by atoms with Crippen molar-refractivity contribution in [3.63, 3.8) is 0 Å². The summed E-state index contributed by atoms with van der Waals surface area (Å²) in [7, 11) is 2.13. The smallest absolute Gasteiger partial charge is 0.224 e. The Kier molecular flexibility index (Phi) is 5.09. The third kappa shape index (κ3) is 3.40. The number of aryl methyl sites for hydroxylation is 2. The highest BCUT2D eigenvalue weighted by molar-refractivity contribution is 6.19. The number of aromatic nitrogens is 1. The molecular weight excluding hydrogens is 480 g/mol. The van der Waals surface area contributed by atoms with Crippen molar-refractivity contribution in [2.24, 2.45) is 13.0 Å². The molecule has 7 rings (SSSR count). The van der Waals surface area contributed by atoms with Crippen molar-refractivity contribution in [3.05, 3.63) is 89.1 Å². The first-order chi connectivity index (χ1) is 18.9. The number of hydrogen-bond donors (Lipinski definition) is 0. The molecule has 0 radical (unpaired) electrons. The Morgan fingerprint density at radius 2 is 1.54 bits per heavy atom. The molecule has 0 fully saturated rings. The average molecular weight is 510 g/mol. The maximum Gasteiger partial charge on any atom is 0.224 e. The molecule has 0 aliphatic rings. The number of hydrogen-bond acceptors (Lipinski definition) is 3. The highest BCUT2D eigenvalue weighted by Gasteiger charge is 2.28. The molecule has 4 aromatic carbocycles. The average Bonchev–Trinajstić information content (AvgIpc) is 3.47. The molecule has 0 atom stereocenters. The van der Waals surface area contributed by atoms with E-state index in [9.17, 15) is 5.26 Å². The first-order valence-corrected chi connectivity index (χ1v) is 13.5. The summed E-state index contributed by atoms with van der Waals surface area (Å²) >= 11 is 0. The second kappa shape index (κ2) is 8.44. The van der Waals surface area contributed by atoms with Crippen molar-refractivity contribution in [3.8, 4) is 17.3 Å². The number of nitrogens with zero attached hydrogens (tertiary/aromatic N) is 2. The van der Waals surface area contributed by atoms with E-state index in [0.29, 0.717) is 11.5 Å². The molecule has 0 spiro atoms. The van der Waals surface area contributed by atoms with Gasteiger partial charge in [-0.1, -0.05) is 32.0 Å². The molecule has 0 aliphatic carbocycles. The van der Waals surface area contributed by atoms with E-state index in [1.165, 1.54) is 22.1 Å². The fourth-order valence-corrected chi connectivity index (χ4v) is 6.26. The van der Waals surface area contributed by atoms with Crippen LogP contribution in [0.4, 0.5) is 0 Å². The first kappa shape index (κ1) is 23.5. The Balaban J connectivity index is 1.66. The van der Waals surface area contributed by atoms with Gasteiger partial charge >= 0.3 is 0 Å². The van der Waals surface area contributed by atoms with Gasteiger partial charge in [-0.3, -0.25) is 0 Å². The lowest BCUT2D eigenvalue weighted by Gasteiger charge is -2.14. The van der Waals surface area contributed by atoms with E-state index < -0.39 is 0 Å². The normalized spacial score (nSPS) is 12.0. The van der Waals surface area contributed by atoms with Crippen LogP contribution in [-0.2, 0) is 13.5 Å². The zero-order valence-electron chi connectivity index (χ0n) is 22.8. The Morgan fingerprint density at radius 3 is 2.33 bits per heavy atom. The van der Waals surface area contributed by atoms with Gasteiger partial charge in [-0.25, -0.2) is 4.57 Å². The van der Waals surface area contributed by atoms with E-state index in [1.807, 2.05) is 30.3 Å². The summed E-state index contributed by atoms with van der Waals surface area (Å²) in [6.07, 6.45) is 3.22. The lowest BCUT2D eigenvalue weighted by atomic mass is 9.90. The van der Waals surface area contributed by atoms with Gasteiger partial charge in [0.1, 0.15) is 29.4 Å². The van der Waals surface area contributed by atoms with Crippen molar-refractivity contribution >= 4 is 54.6 Å². The molecule has 0 saturated carbocycles. The molecule has 0 unspecified atom stereocenters. The Morgan fingerprint density at radius 1 is 0.821 bits per heavy atom. The van der Waals surface area contributed by atoms with Crippen molar-refractivity contribution in [1.82, 2.24) is 0 Å². The summed E-state index contributed by atoms with van der Waals surface area (Å²) in [6, 6.07) is 22.9. The van der Waals surface area contributed by atoms with Gasteiger partial charge < -0.3 is 8.83 Å². The van der Waals surface area contributed by atoms with Crippen LogP contribution in [0.1, 0.15) is 36.1 Å². The second-order valence-corrected chi connectivity index (χ2v) is 11.2. The number of para-hydroxylation sites is 1. The molecule has 0 bridgehead atoms. The monoisotopic (exact) mass is 509 g/mol. The lowest BCUT2D eigenvalue weighted by molar-refractivity contribution is -0.659. The second-order valence-electron chi connectivity index (χ2n) is 11.2. The Bertz CT molecular complexity index is 2170. The van der Waals surface area contributed by atoms with Crippen molar-refractivity contribution in [2.45, 2.75) is 34.1 Å². The molecule has 7 aromatic rings. The zero-order valence-corrected chi connectivity index (χ0v) is 22.8. The fraction of sp³-hybridized carbons (Fsp3) is 0.200. The van der Waals surface area contributed by atoms with Gasteiger partial charge in [-0.15, -0.1) is 0 Å². The van der Waals surface area contributed by atoms with Gasteiger partial charge in [0.05, 0.1) is 22.6 Å². The summed E-state index contributed by atoms with van der Waals surface area (Å²) < 4.78 is 15.4. The van der Waals surface area contributed by atoms with Gasteiger partial charge in [0.2, 0.25) is 5.69 Å². The van der Waals surface area contributed by atoms with Gasteiger partial charge in [-0.05, 0) is 79.8 Å². The zero-order chi connectivity index (χ0) is 27.0. The number of fused-ring (bicyclic) bond motifs is 8. The molecule has 4 heteroatoms. The molecule has 190 valence electrons. The van der Waals surface area contributed by atoms with Crippen LogP contribution in [0.5, 0.6) is 0 Å². The molecule has 0 amide bonds. The maximum absolute atomic E-state index is 9.47. The maximum atomic E-state index is 9.47. The van der Waals surface area contributed by atoms with Gasteiger partial charge in [0, 0.05) is 32.5 Å². The summed E-state index contributed by atoms with van der Waals surface area (Å²) in [4.78, 5) is 0. The minimum atomic E-state index is 0.496. The Hall–Kier alpha value is -4.62. The number of pyridine rings is 1. The highest BCUT2D eigenvalue weighted by Crippen LogP contribution is 2.43. The minimum Gasteiger partial charge on any atom is -0.455 e. The quantitative estimate of drug-likeness (QED) is 0.224. The molecule has 0 saturated heterocycles. The molecule has 3 aromatic heterocycles. The van der Waals surface area contributed by atoms with E-state index in [-0.39, 0.29) is 0 Å². The lowest BCUT2D eigenvalue weighted by Crippen LogP contribution is -2.32. The molecule has 0 N–H and O–H groups in total. The van der Waals surface area contributed by atoms with Crippen LogP contribution in [-0.4, -0.2) is 0 Å². The van der Waals surface area contributed by atoms with Crippen LogP contribution >= 0.6 is 0 Å². The molecule has 4 nitrogen and oxygen atoms in total. The van der Waals surface area contributed by atoms with E-state index in [1.54, 1.807) is 0 Å². The van der Waals surface area contributed by atoms with E-state index >= 15 is 0 Å². The van der Waals surface area contributed by atoms with E-state index in [0.717, 1.165) is 66.9 Å². The number of benzene rings is 4. The predicted molar refractivity (Wildman–Crippen MR) is 158 cm³/mol. The van der Waals surface area contributed by atoms with Crippen LogP contribution < -0.4 is 4.57 Å². The van der Waals surface area contributed by atoms with E-state index in [2.05, 4.69) is 81.9 Å². The summed E-state index contributed by atoms with van der Waals surface area (Å²) in [5.41, 5.74) is 9.87. The third-order valence-corrected chi connectivity index (χ3v) is 8.10. The standard InChI is InChI=1S/C35H29N2O2/c1-19(2)14-23-18-37(5)33(27-13-12-26-24-8-6-7-9-29(24)38-34(26)32(23)27)31-21(4)20(3)15-28-25-11-10-22(17-36)16-30(25)39-35(28)31/h6-13,15-16,18-19H,14H2,1-5H3/q+1. The summed E-state index contributed by atoms with van der Waals surface area (Å²) in [6.45, 7) is 8.85. The third-order valence-electron chi connectivity index (χ3n) is 8.10. The number of furan rings is 2. The summed E-state index contributed by atoms with van der Waals surface area (Å²) in [5, 5.41) is 16.2. The van der Waals surface area contributed by atoms with Crippen LogP contribution in [0.3, 0.4) is 0 Å². The molecule has 39 heavy (non-hydrogen) atoms. The Labute approximate surface area is 226 Å². The SMILES string of the molecule is Cc1cc2c(oc3cc(C#N)ccc32)c(-c2c3ccc4c5ccccc5oc4c3c(CC(C)C)c[n+]2C)c1C. The van der Waals surface area contributed by atoms with Crippen molar-refractivity contribution < 1.29 is 13.4 Å². The van der Waals surface area contributed by atoms with Gasteiger partial charge in [-0.2, -0.15) is 5.26 Å². The molecule has 0 aliphatic heterocycles. The van der Waals surface area contributed by atoms with E-state index in [4.69, 9.17) is 8.83 Å². The van der Waals surface area contributed by atoms with Crippen molar-refractivity contribution in [2.75, 3.05) is 0 Å². The van der Waals surface area contributed by atoms with Gasteiger partial charge in [0.25, 0.3) is 0 Å². The van der Waals surface area contributed by atoms with Crippen LogP contribution in [0, 0.1) is 31.1 Å². The first-order valence-electron chi connectivity index (χ1n) is 13.5. The highest BCUT2D eigenvalue weighted by atomic mass is 16.3. The molecule has 3 heterocycles. The van der Waals surface area contributed by atoms with Gasteiger partial charge in [0.15, 0.2) is 6.20 Å². The topological polar surface area (TPSA) is 54.0 Å². The van der Waals surface area contributed by atoms with Crippen molar-refractivity contribution in [1.29, 1.82) is 5.26 Å². The fourth-order valence-electron chi connectivity index (χ4n) is 6.26. The largest absolute Gasteiger partial charge is 0.455 e. The van der Waals surface area contributed by atoms with Crippen LogP contribution in [0.25, 0.3) is 65.9 Å². The van der Waals surface area contributed by atoms with Crippen LogP contribution in [0.2, 0.25) is 0 Å². The number of rotatable bonds is 3. The van der Waals surface area contributed by atoms with Crippen LogP contribution in [0.15, 0.2) is 75.7 Å². The molecular formula is C35H29N2O2+. The number of nitriles is 1. The summed E-state index contributed by atoms with van der Waals surface area (Å²) in [5.74, 6) is 0.496. The predicted octanol–water partition coefficient (Wildman–Crippen LogP) is 8.82. The minimum absolute atomic E-state index is 0.496.